The van der Waals surface area contributed by atoms with E-state index in [9.17, 15) is 0 Å². The van der Waals surface area contributed by atoms with Crippen molar-refractivity contribution in [3.8, 4) is 0 Å². The molecule has 0 heterocycles. The van der Waals surface area contributed by atoms with Gasteiger partial charge in [0.2, 0.25) is 0 Å². The molecule has 0 saturated carbocycles. The quantitative estimate of drug-likeness (QED) is 0.161. The summed E-state index contributed by atoms with van der Waals surface area (Å²) in [5.74, 6) is 0. The van der Waals surface area contributed by atoms with Gasteiger partial charge in [0.05, 0.1) is 0 Å². The minimum absolute atomic E-state index is 0.533. The zero-order valence-corrected chi connectivity index (χ0v) is 22.6. The predicted octanol–water partition coefficient (Wildman–Crippen LogP) is 11.7. The van der Waals surface area contributed by atoms with Crippen LogP contribution in [0.15, 0.2) is 0 Å². The highest BCUT2D eigenvalue weighted by molar-refractivity contribution is 4.62. The Morgan fingerprint density at radius 2 is 0.367 bits per heavy atom. The number of hydrogen-bond donors (Lipinski definition) is 0. The highest BCUT2D eigenvalue weighted by Gasteiger charge is 2.09. The molecule has 0 aromatic carbocycles. The molecule has 0 heteroatoms. The summed E-state index contributed by atoms with van der Waals surface area (Å²) in [7, 11) is 0. The van der Waals surface area contributed by atoms with Gasteiger partial charge in [-0.1, -0.05) is 170 Å². The van der Waals surface area contributed by atoms with Crippen LogP contribution in [0.1, 0.15) is 183 Å². The Kier molecular flexibility index (Phi) is 19.7. The van der Waals surface area contributed by atoms with Gasteiger partial charge in [0, 0.05) is 0 Å². The maximum Gasteiger partial charge on any atom is -0.0383 e. The molecule has 0 N–H and O–H groups in total. The molecule has 30 heavy (non-hydrogen) atoms. The molecule has 0 aromatic heterocycles. The van der Waals surface area contributed by atoms with Crippen LogP contribution in [0.4, 0.5) is 0 Å². The first-order valence-electron chi connectivity index (χ1n) is 14.2. The molecule has 0 fully saturated rings. The van der Waals surface area contributed by atoms with Gasteiger partial charge in [-0.05, 0) is 23.7 Å². The van der Waals surface area contributed by atoms with Crippen LogP contribution in [0.5, 0.6) is 0 Å². The molecule has 0 saturated heterocycles. The topological polar surface area (TPSA) is 0 Å². The Labute approximate surface area is 193 Å². The van der Waals surface area contributed by atoms with Crippen LogP contribution in [0.25, 0.3) is 0 Å². The van der Waals surface area contributed by atoms with E-state index >= 15 is 0 Å². The SMILES string of the molecule is CC(C)(C)CCCCCCCCCCCCCCCCCCCCCCC(C)(C)C. The molecule has 0 nitrogen and oxygen atoms in total. The van der Waals surface area contributed by atoms with E-state index in [-0.39, 0.29) is 0 Å². The van der Waals surface area contributed by atoms with E-state index in [0.717, 1.165) is 0 Å². The van der Waals surface area contributed by atoms with Crippen LogP contribution in [-0.4, -0.2) is 0 Å². The largest absolute Gasteiger partial charge is 0.0602 e. The van der Waals surface area contributed by atoms with E-state index in [1.165, 1.54) is 141 Å². The molecule has 0 radical (unpaired) electrons. The fraction of sp³-hybridized carbons (Fsp3) is 1.00. The molecule has 0 unspecified atom stereocenters. The Bertz CT molecular complexity index is 293. The van der Waals surface area contributed by atoms with E-state index in [2.05, 4.69) is 41.5 Å². The van der Waals surface area contributed by atoms with E-state index in [1.54, 1.807) is 0 Å². The second-order valence-corrected chi connectivity index (χ2v) is 12.7. The first-order valence-corrected chi connectivity index (χ1v) is 14.2. The smallest absolute Gasteiger partial charge is 0.0383 e. The molecule has 0 aliphatic carbocycles. The maximum absolute atomic E-state index is 2.37. The third kappa shape index (κ3) is 28.0. The highest BCUT2D eigenvalue weighted by Crippen LogP contribution is 2.23. The number of unbranched alkanes of at least 4 members (excludes halogenated alkanes) is 19. The molecule has 0 bridgehead atoms. The van der Waals surface area contributed by atoms with Gasteiger partial charge in [-0.25, -0.2) is 0 Å². The summed E-state index contributed by atoms with van der Waals surface area (Å²) in [4.78, 5) is 0. The van der Waals surface area contributed by atoms with E-state index in [1.807, 2.05) is 0 Å². The monoisotopic (exact) mass is 422 g/mol. The van der Waals surface area contributed by atoms with Crippen LogP contribution >= 0.6 is 0 Å². The van der Waals surface area contributed by atoms with Gasteiger partial charge < -0.3 is 0 Å². The lowest BCUT2D eigenvalue weighted by Gasteiger charge is -2.17. The first-order chi connectivity index (χ1) is 14.2. The third-order valence-electron chi connectivity index (χ3n) is 6.60. The van der Waals surface area contributed by atoms with Gasteiger partial charge in [-0.2, -0.15) is 0 Å². The van der Waals surface area contributed by atoms with Crippen LogP contribution in [0.3, 0.4) is 0 Å². The average Bonchev–Trinajstić information content (AvgIpc) is 2.64. The van der Waals surface area contributed by atoms with Gasteiger partial charge in [-0.3, -0.25) is 0 Å². The predicted molar refractivity (Wildman–Crippen MR) is 140 cm³/mol. The van der Waals surface area contributed by atoms with Gasteiger partial charge in [0.1, 0.15) is 0 Å². The summed E-state index contributed by atoms with van der Waals surface area (Å²) in [5.41, 5.74) is 1.07. The fourth-order valence-electron chi connectivity index (χ4n) is 4.49. The van der Waals surface area contributed by atoms with Crippen LogP contribution in [-0.2, 0) is 0 Å². The average molecular weight is 423 g/mol. The summed E-state index contributed by atoms with van der Waals surface area (Å²) in [5, 5.41) is 0. The summed E-state index contributed by atoms with van der Waals surface area (Å²) >= 11 is 0. The molecule has 0 atom stereocenters. The van der Waals surface area contributed by atoms with E-state index < -0.39 is 0 Å². The van der Waals surface area contributed by atoms with Crippen molar-refractivity contribution in [2.24, 2.45) is 10.8 Å². The Hall–Kier alpha value is 0. The van der Waals surface area contributed by atoms with Crippen molar-refractivity contribution in [2.45, 2.75) is 183 Å². The van der Waals surface area contributed by atoms with Crippen molar-refractivity contribution in [1.29, 1.82) is 0 Å². The molecule has 182 valence electrons. The van der Waals surface area contributed by atoms with Gasteiger partial charge in [0.25, 0.3) is 0 Å². The minimum atomic E-state index is 0.533. The summed E-state index contributed by atoms with van der Waals surface area (Å²) in [6.45, 7) is 14.2. The minimum Gasteiger partial charge on any atom is -0.0602 e. The van der Waals surface area contributed by atoms with Crippen LogP contribution < -0.4 is 0 Å². The first kappa shape index (κ1) is 30.0. The van der Waals surface area contributed by atoms with Gasteiger partial charge in [-0.15, -0.1) is 0 Å². The molecule has 0 aliphatic rings. The standard InChI is InChI=1S/C30H62/c1-29(2,3)27-25-23-21-19-17-15-13-11-9-7-8-10-12-14-16-18-20-22-24-26-28-30(4,5)6/h7-28H2,1-6H3. The highest BCUT2D eigenvalue weighted by atomic mass is 14.1. The van der Waals surface area contributed by atoms with Crippen LogP contribution in [0, 0.1) is 10.8 Å². The zero-order chi connectivity index (χ0) is 22.6. The molecule has 0 aliphatic heterocycles. The van der Waals surface area contributed by atoms with Crippen molar-refractivity contribution in [2.75, 3.05) is 0 Å². The second-order valence-electron chi connectivity index (χ2n) is 12.7. The Balaban J connectivity index is 3.07. The molecular formula is C30H62. The fourth-order valence-corrected chi connectivity index (χ4v) is 4.49. The van der Waals surface area contributed by atoms with E-state index in [0.29, 0.717) is 10.8 Å². The molecule has 0 spiro atoms. The van der Waals surface area contributed by atoms with Crippen molar-refractivity contribution in [1.82, 2.24) is 0 Å². The summed E-state index contributed by atoms with van der Waals surface area (Å²) < 4.78 is 0. The normalized spacial score (nSPS) is 12.6. The molecule has 0 aromatic rings. The Morgan fingerprint density at radius 3 is 0.500 bits per heavy atom. The van der Waals surface area contributed by atoms with Crippen molar-refractivity contribution < 1.29 is 0 Å². The lowest BCUT2D eigenvalue weighted by Crippen LogP contribution is -2.03. The van der Waals surface area contributed by atoms with Gasteiger partial charge in [0.15, 0.2) is 0 Å². The maximum atomic E-state index is 2.37. The second kappa shape index (κ2) is 19.7. The lowest BCUT2D eigenvalue weighted by molar-refractivity contribution is 0.356. The zero-order valence-electron chi connectivity index (χ0n) is 22.6. The summed E-state index contributed by atoms with van der Waals surface area (Å²) in [6.07, 6.45) is 32.2. The molecule has 0 rings (SSSR count). The van der Waals surface area contributed by atoms with Gasteiger partial charge >= 0.3 is 0 Å². The number of rotatable bonds is 21. The van der Waals surface area contributed by atoms with Crippen molar-refractivity contribution >= 4 is 0 Å². The van der Waals surface area contributed by atoms with Crippen molar-refractivity contribution in [3.05, 3.63) is 0 Å². The van der Waals surface area contributed by atoms with Crippen LogP contribution in [0.2, 0.25) is 0 Å². The molecule has 0 amide bonds. The lowest BCUT2D eigenvalue weighted by atomic mass is 9.89. The molecular weight excluding hydrogens is 360 g/mol. The van der Waals surface area contributed by atoms with E-state index in [4.69, 9.17) is 0 Å². The number of hydrogen-bond acceptors (Lipinski definition) is 0. The summed E-state index contributed by atoms with van der Waals surface area (Å²) in [6, 6.07) is 0. The van der Waals surface area contributed by atoms with Crippen molar-refractivity contribution in [3.63, 3.8) is 0 Å². The third-order valence-corrected chi connectivity index (χ3v) is 6.60. The Morgan fingerprint density at radius 1 is 0.233 bits per heavy atom.